The Kier molecular flexibility index (Phi) is 4.63. The first-order chi connectivity index (χ1) is 14.6. The molecule has 0 saturated heterocycles. The largest absolute Gasteiger partial charge is 0.325 e. The Balaban J connectivity index is 1.43. The first kappa shape index (κ1) is 18.6. The van der Waals surface area contributed by atoms with Crippen molar-refractivity contribution in [1.29, 1.82) is 0 Å². The number of benzene rings is 2. The number of carbonyl (C=O) groups is 1. The van der Waals surface area contributed by atoms with Gasteiger partial charge in [0.05, 0.1) is 17.1 Å². The molecule has 1 aliphatic rings. The third-order valence-electron chi connectivity index (χ3n) is 5.01. The van der Waals surface area contributed by atoms with Gasteiger partial charge in [0.2, 0.25) is 0 Å². The van der Waals surface area contributed by atoms with E-state index in [1.807, 2.05) is 30.5 Å². The molecule has 4 aromatic rings. The van der Waals surface area contributed by atoms with Gasteiger partial charge in [-0.1, -0.05) is 30.0 Å². The number of para-hydroxylation sites is 1. The van der Waals surface area contributed by atoms with E-state index >= 15 is 0 Å². The summed E-state index contributed by atoms with van der Waals surface area (Å²) < 4.78 is 16.9. The van der Waals surface area contributed by atoms with Gasteiger partial charge in [-0.25, -0.2) is 9.37 Å². The standard InChI is InChI=1S/C22H18FN5OS/c1-27-20(12-18(26-27)14-6-8-15(23)9-7-14)21(29)24-17-5-3-2-4-16(17)19-13-28-10-11-30-22(28)25-19/h2-9,12-13H,10-11H2,1H3,(H,24,29). The van der Waals surface area contributed by atoms with Crippen LogP contribution in [0.3, 0.4) is 0 Å². The number of aromatic nitrogens is 4. The molecule has 3 heterocycles. The number of halogens is 1. The van der Waals surface area contributed by atoms with E-state index in [0.29, 0.717) is 17.1 Å². The number of amides is 1. The Hall–Kier alpha value is -3.39. The van der Waals surface area contributed by atoms with E-state index in [1.165, 1.54) is 16.8 Å². The van der Waals surface area contributed by atoms with Crippen LogP contribution < -0.4 is 5.32 Å². The maximum absolute atomic E-state index is 13.2. The minimum Gasteiger partial charge on any atom is -0.325 e. The third kappa shape index (κ3) is 3.39. The number of nitrogens with zero attached hydrogens (tertiary/aromatic N) is 4. The average molecular weight is 419 g/mol. The molecule has 0 radical (unpaired) electrons. The Morgan fingerprint density at radius 2 is 1.93 bits per heavy atom. The van der Waals surface area contributed by atoms with Crippen LogP contribution in [0.25, 0.3) is 22.5 Å². The molecule has 1 amide bonds. The van der Waals surface area contributed by atoms with Crippen molar-refractivity contribution < 1.29 is 9.18 Å². The van der Waals surface area contributed by atoms with E-state index in [-0.39, 0.29) is 11.7 Å². The number of fused-ring (bicyclic) bond motifs is 1. The van der Waals surface area contributed by atoms with Crippen molar-refractivity contribution in [3.63, 3.8) is 0 Å². The summed E-state index contributed by atoms with van der Waals surface area (Å²) >= 11 is 1.73. The molecule has 5 rings (SSSR count). The first-order valence-corrected chi connectivity index (χ1v) is 10.5. The van der Waals surface area contributed by atoms with Crippen molar-refractivity contribution >= 4 is 23.4 Å². The van der Waals surface area contributed by atoms with Gasteiger partial charge in [0.25, 0.3) is 5.91 Å². The summed E-state index contributed by atoms with van der Waals surface area (Å²) in [5.41, 5.74) is 4.16. The fraction of sp³-hybridized carbons (Fsp3) is 0.136. The maximum Gasteiger partial charge on any atom is 0.273 e. The maximum atomic E-state index is 13.2. The van der Waals surface area contributed by atoms with E-state index in [2.05, 4.69) is 15.0 Å². The van der Waals surface area contributed by atoms with Crippen molar-refractivity contribution in [2.75, 3.05) is 11.1 Å². The number of aryl methyl sites for hydroxylation is 2. The summed E-state index contributed by atoms with van der Waals surface area (Å²) in [4.78, 5) is 17.7. The van der Waals surface area contributed by atoms with Crippen LogP contribution in [-0.4, -0.2) is 31.0 Å². The van der Waals surface area contributed by atoms with Gasteiger partial charge in [-0.15, -0.1) is 0 Å². The van der Waals surface area contributed by atoms with Crippen molar-refractivity contribution in [2.24, 2.45) is 7.05 Å². The van der Waals surface area contributed by atoms with Crippen molar-refractivity contribution in [3.8, 4) is 22.5 Å². The summed E-state index contributed by atoms with van der Waals surface area (Å²) in [7, 11) is 1.71. The molecule has 2 aromatic carbocycles. The van der Waals surface area contributed by atoms with Gasteiger partial charge >= 0.3 is 0 Å². The Morgan fingerprint density at radius 3 is 2.73 bits per heavy atom. The first-order valence-electron chi connectivity index (χ1n) is 9.49. The predicted molar refractivity (Wildman–Crippen MR) is 115 cm³/mol. The zero-order chi connectivity index (χ0) is 20.7. The van der Waals surface area contributed by atoms with Crippen molar-refractivity contribution in [3.05, 3.63) is 72.3 Å². The fourth-order valence-electron chi connectivity index (χ4n) is 3.48. The quantitative estimate of drug-likeness (QED) is 0.531. The second kappa shape index (κ2) is 7.46. The summed E-state index contributed by atoms with van der Waals surface area (Å²) in [6.07, 6.45) is 2.02. The highest BCUT2D eigenvalue weighted by atomic mass is 32.2. The van der Waals surface area contributed by atoms with E-state index in [0.717, 1.165) is 34.3 Å². The number of anilines is 1. The van der Waals surface area contributed by atoms with Gasteiger partial charge in [0, 0.05) is 36.7 Å². The van der Waals surface area contributed by atoms with Crippen LogP contribution >= 0.6 is 11.8 Å². The zero-order valence-corrected chi connectivity index (χ0v) is 17.0. The van der Waals surface area contributed by atoms with E-state index in [1.54, 1.807) is 37.0 Å². The number of hydrogen-bond acceptors (Lipinski definition) is 4. The molecule has 0 saturated carbocycles. The van der Waals surface area contributed by atoms with Gasteiger partial charge in [0.1, 0.15) is 11.5 Å². The van der Waals surface area contributed by atoms with Crippen LogP contribution in [0.15, 0.2) is 66.0 Å². The molecule has 150 valence electrons. The van der Waals surface area contributed by atoms with Crippen LogP contribution in [0.1, 0.15) is 10.5 Å². The third-order valence-corrected chi connectivity index (χ3v) is 5.98. The second-order valence-corrected chi connectivity index (χ2v) is 8.06. The lowest BCUT2D eigenvalue weighted by atomic mass is 10.1. The number of imidazole rings is 1. The molecule has 8 heteroatoms. The Labute approximate surface area is 176 Å². The highest BCUT2D eigenvalue weighted by Gasteiger charge is 2.19. The topological polar surface area (TPSA) is 64.7 Å². The minimum absolute atomic E-state index is 0.271. The second-order valence-electron chi connectivity index (χ2n) is 7.00. The van der Waals surface area contributed by atoms with Gasteiger partial charge in [0.15, 0.2) is 5.16 Å². The minimum atomic E-state index is -0.312. The van der Waals surface area contributed by atoms with Gasteiger partial charge in [-0.3, -0.25) is 9.48 Å². The Morgan fingerprint density at radius 1 is 1.13 bits per heavy atom. The highest BCUT2D eigenvalue weighted by molar-refractivity contribution is 7.99. The van der Waals surface area contributed by atoms with Crippen LogP contribution in [-0.2, 0) is 13.6 Å². The molecular formula is C22H18FN5OS. The molecule has 1 N–H and O–H groups in total. The van der Waals surface area contributed by atoms with Gasteiger partial charge in [-0.2, -0.15) is 5.10 Å². The highest BCUT2D eigenvalue weighted by Crippen LogP contribution is 2.32. The van der Waals surface area contributed by atoms with E-state index < -0.39 is 0 Å². The SMILES string of the molecule is Cn1nc(-c2ccc(F)cc2)cc1C(=O)Nc1ccccc1-c1cn2c(n1)SCC2. The molecule has 30 heavy (non-hydrogen) atoms. The molecule has 0 atom stereocenters. The molecule has 6 nitrogen and oxygen atoms in total. The van der Waals surface area contributed by atoms with Gasteiger partial charge < -0.3 is 9.88 Å². The molecule has 0 spiro atoms. The summed E-state index contributed by atoms with van der Waals surface area (Å²) in [5.74, 6) is 0.456. The number of rotatable bonds is 4. The van der Waals surface area contributed by atoms with Crippen molar-refractivity contribution in [2.45, 2.75) is 11.7 Å². The molecule has 0 aliphatic carbocycles. The zero-order valence-electron chi connectivity index (χ0n) is 16.2. The number of nitrogens with one attached hydrogen (secondary N) is 1. The summed E-state index contributed by atoms with van der Waals surface area (Å²) in [6, 6.07) is 15.4. The summed E-state index contributed by atoms with van der Waals surface area (Å²) in [6.45, 7) is 0.947. The lowest BCUT2D eigenvalue weighted by Gasteiger charge is -2.09. The number of hydrogen-bond donors (Lipinski definition) is 1. The molecule has 0 bridgehead atoms. The molecule has 0 fully saturated rings. The fourth-order valence-corrected chi connectivity index (χ4v) is 4.43. The average Bonchev–Trinajstić information content (AvgIpc) is 3.44. The molecule has 0 unspecified atom stereocenters. The molecule has 2 aromatic heterocycles. The molecular weight excluding hydrogens is 401 g/mol. The van der Waals surface area contributed by atoms with E-state index in [9.17, 15) is 9.18 Å². The van der Waals surface area contributed by atoms with E-state index in [4.69, 9.17) is 4.98 Å². The van der Waals surface area contributed by atoms with Crippen LogP contribution in [0, 0.1) is 5.82 Å². The monoisotopic (exact) mass is 419 g/mol. The van der Waals surface area contributed by atoms with Crippen LogP contribution in [0.5, 0.6) is 0 Å². The lowest BCUT2D eigenvalue weighted by Crippen LogP contribution is -2.16. The molecule has 1 aliphatic heterocycles. The normalized spacial score (nSPS) is 12.7. The smallest absolute Gasteiger partial charge is 0.273 e. The summed E-state index contributed by atoms with van der Waals surface area (Å²) in [5, 5.41) is 8.39. The Bertz CT molecular complexity index is 1220. The van der Waals surface area contributed by atoms with Crippen molar-refractivity contribution in [1.82, 2.24) is 19.3 Å². The number of thioether (sulfide) groups is 1. The van der Waals surface area contributed by atoms with Gasteiger partial charge in [-0.05, 0) is 36.4 Å². The predicted octanol–water partition coefficient (Wildman–Crippen LogP) is 4.45. The van der Waals surface area contributed by atoms with Crippen LogP contribution in [0.2, 0.25) is 0 Å². The van der Waals surface area contributed by atoms with Crippen LogP contribution in [0.4, 0.5) is 10.1 Å². The number of carbonyl (C=O) groups excluding carboxylic acids is 1. The lowest BCUT2D eigenvalue weighted by molar-refractivity contribution is 0.101.